The minimum absolute atomic E-state index is 0. The van der Waals surface area contributed by atoms with Gasteiger partial charge in [0.25, 0.3) is 0 Å². The molecule has 2 aromatic carbocycles. The van der Waals surface area contributed by atoms with E-state index in [1.165, 1.54) is 0 Å². The van der Waals surface area contributed by atoms with E-state index in [-0.39, 0.29) is 48.8 Å². The molecular weight excluding hydrogens is 604 g/mol. The van der Waals surface area contributed by atoms with E-state index >= 15 is 0 Å². The zero-order valence-corrected chi connectivity index (χ0v) is 30.3. The van der Waals surface area contributed by atoms with Crippen LogP contribution in [-0.2, 0) is 58.2 Å². The maximum absolute atomic E-state index is 4.81. The second-order valence-corrected chi connectivity index (χ2v) is 20.4. The zero-order chi connectivity index (χ0) is 26.8. The molecule has 0 radical (unpaired) electrons. The van der Waals surface area contributed by atoms with Gasteiger partial charge < -0.3 is 25.3 Å². The summed E-state index contributed by atoms with van der Waals surface area (Å²) in [4.78, 5) is 1.81. The van der Waals surface area contributed by atoms with Crippen LogP contribution >= 0.6 is 15.8 Å². The summed E-state index contributed by atoms with van der Waals surface area (Å²) in [7, 11) is -0.191. The van der Waals surface area contributed by atoms with Crippen LogP contribution < -0.4 is 0 Å². The Kier molecular flexibility index (Phi) is 31.6. The first-order chi connectivity index (χ1) is 15.7. The summed E-state index contributed by atoms with van der Waals surface area (Å²) in [6, 6.07) is 19.2. The predicted octanol–water partition coefficient (Wildman–Crippen LogP) is 10.0. The Labute approximate surface area is 259 Å². The molecule has 0 unspecified atom stereocenters. The number of hydrogen-bond donors (Lipinski definition) is 0. The molecular formula is C30H54Ni2P2S2. The van der Waals surface area contributed by atoms with E-state index in [2.05, 4.69) is 83.1 Å². The Morgan fingerprint density at radius 3 is 0.611 bits per heavy atom. The molecule has 0 saturated heterocycles. The van der Waals surface area contributed by atoms with Crippen molar-refractivity contribution in [3.05, 3.63) is 60.7 Å². The van der Waals surface area contributed by atoms with Crippen molar-refractivity contribution in [3.8, 4) is 0 Å². The fraction of sp³-hybridized carbons (Fsp3) is 0.600. The fourth-order valence-electron chi connectivity index (χ4n) is 4.84. The van der Waals surface area contributed by atoms with Crippen LogP contribution in [-0.4, -0.2) is 34.0 Å². The third-order valence-corrected chi connectivity index (χ3v) is 14.0. The summed E-state index contributed by atoms with van der Waals surface area (Å²) in [5.41, 5.74) is 5.61. The molecule has 2 aromatic rings. The smallest absolute Gasteiger partial charge is 0.0624 e. The fourth-order valence-corrected chi connectivity index (χ4v) is 13.2. The topological polar surface area (TPSA) is 0 Å². The first-order valence-corrected chi connectivity index (χ1v) is 17.2. The van der Waals surface area contributed by atoms with Gasteiger partial charge >= 0.3 is 0 Å². The second-order valence-electron chi connectivity index (χ2n) is 10.6. The van der Waals surface area contributed by atoms with Crippen molar-refractivity contribution in [1.82, 2.24) is 0 Å². The first-order valence-electron chi connectivity index (χ1n) is 12.9. The normalized spacial score (nSPS) is 10.3. The van der Waals surface area contributed by atoms with Crippen molar-refractivity contribution in [2.75, 3.05) is 0 Å². The minimum Gasteiger partial charge on any atom is -0.780 e. The van der Waals surface area contributed by atoms with Crippen molar-refractivity contribution < 1.29 is 33.0 Å². The van der Waals surface area contributed by atoms with Gasteiger partial charge in [0, 0.05) is 48.8 Å². The summed E-state index contributed by atoms with van der Waals surface area (Å²) in [6.45, 7) is 28.4. The molecule has 0 N–H and O–H groups in total. The average Bonchev–Trinajstić information content (AvgIpc) is 2.68. The molecule has 6 heteroatoms. The molecule has 0 nitrogen and oxygen atoms in total. The predicted molar refractivity (Wildman–Crippen MR) is 172 cm³/mol. The SMILES string of the molecule is CC(C)[PH+](C(C)C)C(C)C.CC(C)[PH+](C(C)C)C(C)C.[Ni].[Ni].[S-]c1ccccc1.[S-]c1ccccc1. The summed E-state index contributed by atoms with van der Waals surface area (Å²) in [5.74, 6) is 0. The van der Waals surface area contributed by atoms with E-state index in [1.807, 2.05) is 60.7 Å². The molecule has 0 aliphatic carbocycles. The molecule has 0 fully saturated rings. The van der Waals surface area contributed by atoms with Gasteiger partial charge in [0.05, 0.1) is 34.0 Å². The van der Waals surface area contributed by atoms with E-state index in [0.29, 0.717) is 0 Å². The van der Waals surface area contributed by atoms with E-state index in [0.717, 1.165) is 43.7 Å². The van der Waals surface area contributed by atoms with Crippen molar-refractivity contribution >= 4 is 41.1 Å². The Hall–Kier alpha value is 0.727. The van der Waals surface area contributed by atoms with Gasteiger partial charge in [-0.3, -0.25) is 0 Å². The van der Waals surface area contributed by atoms with Gasteiger partial charge in [-0.15, -0.1) is 0 Å². The van der Waals surface area contributed by atoms with Crippen LogP contribution in [0.25, 0.3) is 0 Å². The Balaban J connectivity index is -0.000000188. The zero-order valence-electron chi connectivity index (χ0n) is 24.7. The van der Waals surface area contributed by atoms with Gasteiger partial charge in [-0.05, 0) is 83.1 Å². The minimum atomic E-state index is -0.0957. The van der Waals surface area contributed by atoms with Crippen LogP contribution in [0.4, 0.5) is 0 Å². The van der Waals surface area contributed by atoms with Crippen LogP contribution in [0.2, 0.25) is 0 Å². The second kappa shape index (κ2) is 26.0. The van der Waals surface area contributed by atoms with E-state index < -0.39 is 0 Å². The quantitative estimate of drug-likeness (QED) is 0.172. The van der Waals surface area contributed by atoms with Gasteiger partial charge in [-0.25, -0.2) is 0 Å². The molecule has 0 heterocycles. The largest absolute Gasteiger partial charge is 0.780 e. The van der Waals surface area contributed by atoms with E-state index in [4.69, 9.17) is 25.3 Å². The van der Waals surface area contributed by atoms with E-state index in [9.17, 15) is 0 Å². The standard InChI is InChI=1S/2C9H21P.2C6H6S.2Ni/c2*1-7(2)10(8(3)4)9(5)6;2*7-6-4-2-1-3-5-6;;/h2*7-9H,1-6H3;2*1-5,7H;;. The monoisotopic (exact) mass is 656 g/mol. The summed E-state index contributed by atoms with van der Waals surface area (Å²) >= 11 is 9.62. The first kappa shape index (κ1) is 43.8. The van der Waals surface area contributed by atoms with Crippen LogP contribution in [0.1, 0.15) is 83.1 Å². The van der Waals surface area contributed by atoms with Gasteiger partial charge in [-0.2, -0.15) is 9.79 Å². The Bertz CT molecular complexity index is 595. The molecule has 0 bridgehead atoms. The van der Waals surface area contributed by atoms with E-state index in [1.54, 1.807) is 0 Å². The van der Waals surface area contributed by atoms with Gasteiger partial charge in [0.15, 0.2) is 0 Å². The van der Waals surface area contributed by atoms with Gasteiger partial charge in [-0.1, -0.05) is 60.7 Å². The van der Waals surface area contributed by atoms with Gasteiger partial charge in [0.1, 0.15) is 0 Å². The summed E-state index contributed by atoms with van der Waals surface area (Å²) in [5, 5.41) is 0. The maximum atomic E-state index is 4.81. The third kappa shape index (κ3) is 23.8. The van der Waals surface area contributed by atoms with Crippen LogP contribution in [0.5, 0.6) is 0 Å². The summed E-state index contributed by atoms with van der Waals surface area (Å²) in [6.07, 6.45) is 0. The molecule has 0 aromatic heterocycles. The number of rotatable bonds is 6. The average molecular weight is 658 g/mol. The van der Waals surface area contributed by atoms with Gasteiger partial charge in [0.2, 0.25) is 0 Å². The molecule has 0 aliphatic rings. The Morgan fingerprint density at radius 1 is 0.389 bits per heavy atom. The van der Waals surface area contributed by atoms with Crippen molar-refractivity contribution in [2.45, 2.75) is 127 Å². The molecule has 0 atom stereocenters. The Morgan fingerprint density at radius 2 is 0.556 bits per heavy atom. The van der Waals surface area contributed by atoms with Crippen molar-refractivity contribution in [2.24, 2.45) is 0 Å². The van der Waals surface area contributed by atoms with Crippen LogP contribution in [0, 0.1) is 0 Å². The van der Waals surface area contributed by atoms with Crippen LogP contribution in [0.3, 0.4) is 0 Å². The molecule has 0 spiro atoms. The van der Waals surface area contributed by atoms with Crippen molar-refractivity contribution in [3.63, 3.8) is 0 Å². The molecule has 36 heavy (non-hydrogen) atoms. The molecule has 0 saturated carbocycles. The molecule has 216 valence electrons. The molecule has 2 rings (SSSR count). The van der Waals surface area contributed by atoms with Crippen LogP contribution in [0.15, 0.2) is 70.5 Å². The maximum Gasteiger partial charge on any atom is 0.0624 e. The third-order valence-electron chi connectivity index (χ3n) is 5.49. The molecule has 0 aliphatic heterocycles. The molecule has 0 amide bonds. The number of benzene rings is 2. The number of hydrogen-bond acceptors (Lipinski definition) is 2. The van der Waals surface area contributed by atoms with Crippen molar-refractivity contribution in [1.29, 1.82) is 0 Å². The summed E-state index contributed by atoms with van der Waals surface area (Å²) < 4.78 is 0.